The number of nitrogens with two attached hydrogens (primary N) is 1. The van der Waals surface area contributed by atoms with E-state index in [1.54, 1.807) is 18.3 Å². The molecule has 0 bridgehead atoms. The molecule has 0 amide bonds. The SMILES string of the molecule is COCCC[NH2+]C[C@H]1C(=O)O[C@@H]2C[C@@]3(C)CCCC(C)=C3C[C@@H]21. The van der Waals surface area contributed by atoms with Crippen molar-refractivity contribution >= 4 is 5.97 Å². The van der Waals surface area contributed by atoms with Crippen LogP contribution in [0.1, 0.15) is 52.4 Å². The molecule has 0 aromatic rings. The highest BCUT2D eigenvalue weighted by molar-refractivity contribution is 5.75. The van der Waals surface area contributed by atoms with Crippen LogP contribution in [0.5, 0.6) is 0 Å². The number of esters is 1. The first-order valence-corrected chi connectivity index (χ1v) is 9.25. The van der Waals surface area contributed by atoms with Crippen LogP contribution in [0.2, 0.25) is 0 Å². The zero-order valence-corrected chi connectivity index (χ0v) is 14.9. The van der Waals surface area contributed by atoms with Crippen LogP contribution in [0.25, 0.3) is 0 Å². The molecule has 2 N–H and O–H groups in total. The highest BCUT2D eigenvalue weighted by Gasteiger charge is 2.53. The highest BCUT2D eigenvalue weighted by atomic mass is 16.6. The summed E-state index contributed by atoms with van der Waals surface area (Å²) < 4.78 is 10.9. The van der Waals surface area contributed by atoms with E-state index in [1.165, 1.54) is 19.3 Å². The summed E-state index contributed by atoms with van der Waals surface area (Å²) in [6.07, 6.45) is 7.09. The lowest BCUT2D eigenvalue weighted by atomic mass is 9.59. The van der Waals surface area contributed by atoms with Gasteiger partial charge in [0.15, 0.2) is 0 Å². The summed E-state index contributed by atoms with van der Waals surface area (Å²) >= 11 is 0. The molecular weight excluding hydrogens is 290 g/mol. The Morgan fingerprint density at radius 3 is 3.04 bits per heavy atom. The summed E-state index contributed by atoms with van der Waals surface area (Å²) in [5, 5.41) is 2.27. The first-order valence-electron chi connectivity index (χ1n) is 9.25. The molecule has 0 aromatic heterocycles. The van der Waals surface area contributed by atoms with Gasteiger partial charge in [0.2, 0.25) is 0 Å². The molecule has 0 spiro atoms. The molecular formula is C19H32NO3+. The molecule has 2 fully saturated rings. The van der Waals surface area contributed by atoms with Gasteiger partial charge in [-0.05, 0) is 44.4 Å². The second-order valence-electron chi connectivity index (χ2n) is 7.99. The van der Waals surface area contributed by atoms with Gasteiger partial charge < -0.3 is 14.8 Å². The van der Waals surface area contributed by atoms with Gasteiger partial charge in [0.1, 0.15) is 12.0 Å². The maximum atomic E-state index is 12.4. The molecule has 3 aliphatic rings. The minimum atomic E-state index is 0.0449. The van der Waals surface area contributed by atoms with Gasteiger partial charge in [-0.3, -0.25) is 4.79 Å². The lowest BCUT2D eigenvalue weighted by Gasteiger charge is -2.45. The molecule has 0 aromatic carbocycles. The third-order valence-electron chi connectivity index (χ3n) is 6.36. The van der Waals surface area contributed by atoms with Crippen LogP contribution >= 0.6 is 0 Å². The van der Waals surface area contributed by atoms with Gasteiger partial charge in [0, 0.05) is 19.4 Å². The third kappa shape index (κ3) is 3.34. The molecule has 4 nitrogen and oxygen atoms in total. The average Bonchev–Trinajstić information content (AvgIpc) is 2.79. The zero-order chi connectivity index (χ0) is 16.4. The van der Waals surface area contributed by atoms with Crippen molar-refractivity contribution in [2.24, 2.45) is 17.3 Å². The van der Waals surface area contributed by atoms with E-state index < -0.39 is 0 Å². The van der Waals surface area contributed by atoms with Crippen molar-refractivity contribution < 1.29 is 19.6 Å². The average molecular weight is 322 g/mol. The Balaban J connectivity index is 1.65. The number of hydrogen-bond acceptors (Lipinski definition) is 3. The van der Waals surface area contributed by atoms with Crippen LogP contribution in [-0.4, -0.2) is 38.9 Å². The minimum Gasteiger partial charge on any atom is -0.462 e. The van der Waals surface area contributed by atoms with Crippen molar-refractivity contribution in [2.75, 3.05) is 26.8 Å². The van der Waals surface area contributed by atoms with Gasteiger partial charge in [-0.1, -0.05) is 18.1 Å². The highest BCUT2D eigenvalue weighted by Crippen LogP contribution is 2.54. The number of fused-ring (bicyclic) bond motifs is 2. The first kappa shape index (κ1) is 17.0. The Labute approximate surface area is 140 Å². The van der Waals surface area contributed by atoms with Crippen LogP contribution in [-0.2, 0) is 14.3 Å². The maximum absolute atomic E-state index is 12.4. The van der Waals surface area contributed by atoms with Gasteiger partial charge in [0.05, 0.1) is 19.7 Å². The standard InChI is InChI=1S/C19H31NO3/c1-13-6-4-7-19(2)11-17-14(10-16(13)19)15(18(21)23-17)12-20-8-5-9-22-3/h14-15,17,20H,4-12H2,1-3H3/p+1/t14-,15-,17-,19-/m1/s1. The molecule has 1 heterocycles. The number of quaternary nitrogens is 1. The van der Waals surface area contributed by atoms with Crippen LogP contribution < -0.4 is 5.32 Å². The van der Waals surface area contributed by atoms with Crippen LogP contribution in [0.3, 0.4) is 0 Å². The molecule has 2 aliphatic carbocycles. The topological polar surface area (TPSA) is 52.1 Å². The second kappa shape index (κ2) is 6.94. The normalized spacial score (nSPS) is 36.7. The van der Waals surface area contributed by atoms with E-state index >= 15 is 0 Å². The first-order chi connectivity index (χ1) is 11.0. The van der Waals surface area contributed by atoms with Gasteiger partial charge >= 0.3 is 5.97 Å². The fourth-order valence-electron chi connectivity index (χ4n) is 5.05. The molecule has 0 unspecified atom stereocenters. The van der Waals surface area contributed by atoms with E-state index in [0.29, 0.717) is 5.92 Å². The number of ether oxygens (including phenoxy) is 2. The number of allylic oxidation sites excluding steroid dienone is 2. The van der Waals surface area contributed by atoms with E-state index in [-0.39, 0.29) is 23.4 Å². The maximum Gasteiger partial charge on any atom is 0.315 e. The molecule has 1 aliphatic heterocycles. The summed E-state index contributed by atoms with van der Waals surface area (Å²) in [6.45, 7) is 7.37. The molecule has 1 saturated carbocycles. The Hall–Kier alpha value is -0.870. The number of carbonyl (C=O) groups is 1. The van der Waals surface area contributed by atoms with Crippen LogP contribution in [0.15, 0.2) is 11.1 Å². The molecule has 23 heavy (non-hydrogen) atoms. The summed E-state index contributed by atoms with van der Waals surface area (Å²) in [5.41, 5.74) is 3.51. The Morgan fingerprint density at radius 1 is 1.43 bits per heavy atom. The van der Waals surface area contributed by atoms with Crippen molar-refractivity contribution in [3.8, 4) is 0 Å². The summed E-state index contributed by atoms with van der Waals surface area (Å²) in [5.74, 6) is 0.523. The van der Waals surface area contributed by atoms with E-state index in [2.05, 4.69) is 19.2 Å². The van der Waals surface area contributed by atoms with Gasteiger partial charge in [-0.25, -0.2) is 0 Å². The van der Waals surface area contributed by atoms with Gasteiger partial charge in [-0.2, -0.15) is 0 Å². The van der Waals surface area contributed by atoms with E-state index in [9.17, 15) is 4.79 Å². The van der Waals surface area contributed by atoms with E-state index in [4.69, 9.17) is 9.47 Å². The van der Waals surface area contributed by atoms with E-state index in [1.807, 2.05) is 0 Å². The predicted molar refractivity (Wildman–Crippen MR) is 88.9 cm³/mol. The van der Waals surface area contributed by atoms with Crippen molar-refractivity contribution in [3.05, 3.63) is 11.1 Å². The smallest absolute Gasteiger partial charge is 0.315 e. The summed E-state index contributed by atoms with van der Waals surface area (Å²) in [7, 11) is 1.73. The summed E-state index contributed by atoms with van der Waals surface area (Å²) in [6, 6.07) is 0. The zero-order valence-electron chi connectivity index (χ0n) is 14.9. The fraction of sp³-hybridized carbons (Fsp3) is 0.842. The van der Waals surface area contributed by atoms with Crippen molar-refractivity contribution in [1.29, 1.82) is 0 Å². The largest absolute Gasteiger partial charge is 0.462 e. The summed E-state index contributed by atoms with van der Waals surface area (Å²) in [4.78, 5) is 12.4. The van der Waals surface area contributed by atoms with Crippen molar-refractivity contribution in [2.45, 2.75) is 58.5 Å². The van der Waals surface area contributed by atoms with Crippen molar-refractivity contribution in [3.63, 3.8) is 0 Å². The Bertz CT molecular complexity index is 487. The molecule has 1 saturated heterocycles. The van der Waals surface area contributed by atoms with E-state index in [0.717, 1.165) is 39.0 Å². The molecule has 0 radical (unpaired) electrons. The van der Waals surface area contributed by atoms with Crippen LogP contribution in [0, 0.1) is 17.3 Å². The fourth-order valence-corrected chi connectivity index (χ4v) is 5.05. The van der Waals surface area contributed by atoms with Gasteiger partial charge in [-0.15, -0.1) is 0 Å². The third-order valence-corrected chi connectivity index (χ3v) is 6.36. The number of rotatable bonds is 6. The molecule has 4 atom stereocenters. The van der Waals surface area contributed by atoms with Crippen molar-refractivity contribution in [1.82, 2.24) is 0 Å². The monoisotopic (exact) mass is 322 g/mol. The minimum absolute atomic E-state index is 0.0449. The quantitative estimate of drug-likeness (QED) is 0.462. The lowest BCUT2D eigenvalue weighted by molar-refractivity contribution is -0.659. The number of carbonyl (C=O) groups excluding carboxylic acids is 1. The molecule has 4 heteroatoms. The number of hydrogen-bond donors (Lipinski definition) is 1. The molecule has 130 valence electrons. The molecule has 3 rings (SSSR count). The van der Waals surface area contributed by atoms with Gasteiger partial charge in [0.25, 0.3) is 0 Å². The second-order valence-corrected chi connectivity index (χ2v) is 7.99. The Kier molecular flexibility index (Phi) is 5.12. The lowest BCUT2D eigenvalue weighted by Crippen LogP contribution is -2.86. The Morgan fingerprint density at radius 2 is 2.26 bits per heavy atom. The number of methoxy groups -OCH3 is 1. The van der Waals surface area contributed by atoms with Crippen LogP contribution in [0.4, 0.5) is 0 Å². The predicted octanol–water partition coefficient (Wildman–Crippen LogP) is 2.04.